The number of hydrogen-bond acceptors (Lipinski definition) is 5. The van der Waals surface area contributed by atoms with Crippen molar-refractivity contribution in [3.63, 3.8) is 0 Å². The van der Waals surface area contributed by atoms with Gasteiger partial charge in [0.1, 0.15) is 12.3 Å². The lowest BCUT2D eigenvalue weighted by atomic mass is 10.1. The van der Waals surface area contributed by atoms with Gasteiger partial charge in [0.25, 0.3) is 5.56 Å². The molecule has 154 valence electrons. The summed E-state index contributed by atoms with van der Waals surface area (Å²) in [4.78, 5) is 14.2. The fourth-order valence-electron chi connectivity index (χ4n) is 3.19. The second kappa shape index (κ2) is 8.74. The number of likely N-dealkylation sites (N-methyl/N-ethyl adjacent to an activating group) is 1. The van der Waals surface area contributed by atoms with Gasteiger partial charge in [-0.15, -0.1) is 0 Å². The fourth-order valence-corrected chi connectivity index (χ4v) is 3.94. The molecule has 0 bridgehead atoms. The van der Waals surface area contributed by atoms with Crippen molar-refractivity contribution in [1.82, 2.24) is 15.1 Å². The molecule has 10 heteroatoms. The van der Waals surface area contributed by atoms with Gasteiger partial charge in [0.2, 0.25) is 0 Å². The second-order valence-electron chi connectivity index (χ2n) is 8.10. The number of halogens is 3. The molecule has 1 aliphatic heterocycles. The first-order chi connectivity index (χ1) is 12.5. The quantitative estimate of drug-likeness (QED) is 0.531. The third-order valence-electron chi connectivity index (χ3n) is 4.64. The Kier molecular flexibility index (Phi) is 7.09. The molecular weight excluding hydrogens is 377 g/mol. The Balaban J connectivity index is 2.27. The van der Waals surface area contributed by atoms with E-state index in [1.807, 2.05) is 0 Å². The Labute approximate surface area is 158 Å². The van der Waals surface area contributed by atoms with Crippen LogP contribution >= 0.6 is 0 Å². The summed E-state index contributed by atoms with van der Waals surface area (Å²) in [5, 5.41) is 6.95. The Morgan fingerprint density at radius 2 is 2.07 bits per heavy atom. The van der Waals surface area contributed by atoms with Crippen LogP contribution in [0.1, 0.15) is 18.4 Å². The summed E-state index contributed by atoms with van der Waals surface area (Å²) in [6.45, 7) is 7.70. The van der Waals surface area contributed by atoms with Crippen molar-refractivity contribution in [3.05, 3.63) is 22.1 Å². The molecule has 1 aliphatic rings. The Hall–Kier alpha value is -1.39. The van der Waals surface area contributed by atoms with Gasteiger partial charge in [0.05, 0.1) is 11.9 Å². The van der Waals surface area contributed by atoms with E-state index in [9.17, 15) is 18.0 Å². The molecule has 0 unspecified atom stereocenters. The zero-order chi connectivity index (χ0) is 20.2. The maximum atomic E-state index is 13.7. The molecule has 1 atom stereocenters. The lowest BCUT2D eigenvalue weighted by Gasteiger charge is -2.28. The van der Waals surface area contributed by atoms with E-state index in [0.29, 0.717) is 19.7 Å². The normalized spacial score (nSPS) is 18.3. The van der Waals surface area contributed by atoms with E-state index in [1.54, 1.807) is 11.9 Å². The van der Waals surface area contributed by atoms with E-state index in [-0.39, 0.29) is 18.5 Å². The lowest BCUT2D eigenvalue weighted by Crippen LogP contribution is -2.41. The number of rotatable bonds is 8. The van der Waals surface area contributed by atoms with Crippen LogP contribution in [0.15, 0.2) is 11.0 Å². The topological polar surface area (TPSA) is 59.4 Å². The maximum absolute atomic E-state index is 13.7. The minimum atomic E-state index is -4.75. The van der Waals surface area contributed by atoms with Crippen LogP contribution in [0.25, 0.3) is 0 Å². The molecule has 1 aromatic heterocycles. The molecule has 0 spiro atoms. The van der Waals surface area contributed by atoms with Crippen molar-refractivity contribution in [2.45, 2.75) is 57.5 Å². The highest BCUT2D eigenvalue weighted by Gasteiger charge is 2.41. The summed E-state index contributed by atoms with van der Waals surface area (Å²) in [6, 6.07) is 0.784. The van der Waals surface area contributed by atoms with Crippen molar-refractivity contribution >= 4 is 13.8 Å². The largest absolute Gasteiger partial charge is 0.423 e. The molecule has 2 heterocycles. The maximum Gasteiger partial charge on any atom is 0.423 e. The van der Waals surface area contributed by atoms with Gasteiger partial charge < -0.3 is 15.0 Å². The summed E-state index contributed by atoms with van der Waals surface area (Å²) in [6.07, 6.45) is -2.03. The molecule has 2 rings (SSSR count). The first kappa shape index (κ1) is 21.9. The minimum Gasteiger partial charge on any atom is -0.365 e. The van der Waals surface area contributed by atoms with Gasteiger partial charge in [-0.05, 0) is 25.9 Å². The van der Waals surface area contributed by atoms with E-state index in [1.165, 1.54) is 0 Å². The first-order valence-corrected chi connectivity index (χ1v) is 12.9. The van der Waals surface area contributed by atoms with Gasteiger partial charge in [0, 0.05) is 33.8 Å². The van der Waals surface area contributed by atoms with Crippen LogP contribution in [0, 0.1) is 0 Å². The molecule has 27 heavy (non-hydrogen) atoms. The summed E-state index contributed by atoms with van der Waals surface area (Å²) in [5.41, 5.74) is -2.44. The monoisotopic (exact) mass is 406 g/mol. The number of anilines is 1. The van der Waals surface area contributed by atoms with Gasteiger partial charge in [-0.25, -0.2) is 4.68 Å². The standard InChI is InChI=1S/C17H29F3N4O2Si/c1-21-10-13-6-5-7-23(13)14-11-22-24(12-26-8-9-27(2,3)4)16(25)15(14)17(18,19)20/h11,13,21H,5-10,12H2,1-4H3/t13-/m0/s1. The van der Waals surface area contributed by atoms with Gasteiger partial charge >= 0.3 is 6.18 Å². The Morgan fingerprint density at radius 1 is 1.37 bits per heavy atom. The van der Waals surface area contributed by atoms with Gasteiger partial charge in [-0.3, -0.25) is 4.79 Å². The van der Waals surface area contributed by atoms with E-state index in [4.69, 9.17) is 4.74 Å². The Morgan fingerprint density at radius 3 is 2.67 bits per heavy atom. The van der Waals surface area contributed by atoms with Gasteiger partial charge in [0.15, 0.2) is 0 Å². The third-order valence-corrected chi connectivity index (χ3v) is 6.35. The SMILES string of the molecule is CNC[C@@H]1CCCN1c1cnn(COCC[Si](C)(C)C)c(=O)c1C(F)(F)F. The number of nitrogens with zero attached hydrogens (tertiary/aromatic N) is 3. The molecule has 6 nitrogen and oxygen atoms in total. The predicted molar refractivity (Wildman–Crippen MR) is 102 cm³/mol. The van der Waals surface area contributed by atoms with E-state index >= 15 is 0 Å². The van der Waals surface area contributed by atoms with Crippen LogP contribution in [0.3, 0.4) is 0 Å². The molecule has 1 fully saturated rings. The summed E-state index contributed by atoms with van der Waals surface area (Å²) in [7, 11) is 0.441. The first-order valence-electron chi connectivity index (χ1n) is 9.21. The summed E-state index contributed by atoms with van der Waals surface area (Å²) < 4.78 is 47.2. The highest BCUT2D eigenvalue weighted by atomic mass is 28.3. The van der Waals surface area contributed by atoms with E-state index in [0.717, 1.165) is 29.8 Å². The molecule has 0 aliphatic carbocycles. The predicted octanol–water partition coefficient (Wildman–Crippen LogP) is 2.76. The zero-order valence-corrected chi connectivity index (χ0v) is 17.4. The number of alkyl halides is 3. The fraction of sp³-hybridized carbons (Fsp3) is 0.765. The average Bonchev–Trinajstić information content (AvgIpc) is 2.99. The van der Waals surface area contributed by atoms with Crippen LogP contribution in [0.5, 0.6) is 0 Å². The smallest absolute Gasteiger partial charge is 0.365 e. The van der Waals surface area contributed by atoms with Crippen LogP contribution < -0.4 is 15.8 Å². The van der Waals surface area contributed by atoms with Crippen molar-refractivity contribution in [1.29, 1.82) is 0 Å². The molecule has 1 N–H and O–H groups in total. The highest BCUT2D eigenvalue weighted by Crippen LogP contribution is 2.36. The van der Waals surface area contributed by atoms with Crippen molar-refractivity contribution in [3.8, 4) is 0 Å². The summed E-state index contributed by atoms with van der Waals surface area (Å²) in [5.74, 6) is 0. The third kappa shape index (κ3) is 5.79. The van der Waals surface area contributed by atoms with Gasteiger partial charge in [-0.2, -0.15) is 18.3 Å². The number of nitrogens with one attached hydrogen (secondary N) is 1. The van der Waals surface area contributed by atoms with Gasteiger partial charge in [-0.1, -0.05) is 19.6 Å². The van der Waals surface area contributed by atoms with Crippen LogP contribution in [-0.2, 0) is 17.6 Å². The summed E-state index contributed by atoms with van der Waals surface area (Å²) >= 11 is 0. The van der Waals surface area contributed by atoms with Crippen LogP contribution in [0.4, 0.5) is 18.9 Å². The van der Waals surface area contributed by atoms with E-state index < -0.39 is 25.4 Å². The van der Waals surface area contributed by atoms with Crippen LogP contribution in [-0.4, -0.2) is 50.6 Å². The number of ether oxygens (including phenoxy) is 1. The number of hydrogen-bond donors (Lipinski definition) is 1. The number of aromatic nitrogens is 2. The zero-order valence-electron chi connectivity index (χ0n) is 16.4. The Bertz CT molecular complexity index is 688. The molecule has 1 saturated heterocycles. The van der Waals surface area contributed by atoms with Crippen molar-refractivity contribution in [2.24, 2.45) is 0 Å². The minimum absolute atomic E-state index is 0.0823. The van der Waals surface area contributed by atoms with Crippen molar-refractivity contribution in [2.75, 3.05) is 31.6 Å². The molecule has 1 aromatic rings. The molecule has 0 saturated carbocycles. The van der Waals surface area contributed by atoms with Crippen LogP contribution in [0.2, 0.25) is 25.7 Å². The lowest BCUT2D eigenvalue weighted by molar-refractivity contribution is -0.138. The molecule has 0 amide bonds. The molecular formula is C17H29F3N4O2Si. The second-order valence-corrected chi connectivity index (χ2v) is 13.7. The average molecular weight is 407 g/mol. The van der Waals surface area contributed by atoms with E-state index in [2.05, 4.69) is 30.1 Å². The molecule has 0 radical (unpaired) electrons. The highest BCUT2D eigenvalue weighted by molar-refractivity contribution is 6.76. The molecule has 0 aromatic carbocycles. The van der Waals surface area contributed by atoms with Crippen molar-refractivity contribution < 1.29 is 17.9 Å².